The summed E-state index contributed by atoms with van der Waals surface area (Å²) in [5, 5.41) is 9.05. The molecule has 3 unspecified atom stereocenters. The van der Waals surface area contributed by atoms with Gasteiger partial charge in [0.25, 0.3) is 0 Å². The standard InChI is InChI=1S/C10H22N2O/c1-8(7-13)12(2)10-5-3-4-9(10)6-11/h8-10,13H,3-7,11H2,1-2H3. The number of aliphatic hydroxyl groups excluding tert-OH is 1. The first-order valence-electron chi connectivity index (χ1n) is 5.23. The van der Waals surface area contributed by atoms with Crippen LogP contribution in [0.25, 0.3) is 0 Å². The van der Waals surface area contributed by atoms with E-state index in [0.29, 0.717) is 12.0 Å². The normalized spacial score (nSPS) is 31.2. The minimum absolute atomic E-state index is 0.240. The first-order chi connectivity index (χ1) is 6.20. The maximum Gasteiger partial charge on any atom is 0.0584 e. The highest BCUT2D eigenvalue weighted by atomic mass is 16.3. The van der Waals surface area contributed by atoms with E-state index in [0.717, 1.165) is 6.54 Å². The zero-order chi connectivity index (χ0) is 9.84. The third-order valence-corrected chi connectivity index (χ3v) is 3.40. The van der Waals surface area contributed by atoms with Gasteiger partial charge >= 0.3 is 0 Å². The lowest BCUT2D eigenvalue weighted by molar-refractivity contribution is 0.102. The molecule has 3 heteroatoms. The number of aliphatic hydroxyl groups is 1. The number of likely N-dealkylation sites (N-methyl/N-ethyl adjacent to an activating group) is 1. The van der Waals surface area contributed by atoms with Crippen molar-refractivity contribution in [3.8, 4) is 0 Å². The Morgan fingerprint density at radius 3 is 2.77 bits per heavy atom. The largest absolute Gasteiger partial charge is 0.395 e. The molecule has 78 valence electrons. The van der Waals surface area contributed by atoms with Crippen LogP contribution in [-0.4, -0.2) is 42.3 Å². The van der Waals surface area contributed by atoms with Crippen molar-refractivity contribution in [2.45, 2.75) is 38.3 Å². The van der Waals surface area contributed by atoms with Crippen molar-refractivity contribution < 1.29 is 5.11 Å². The molecule has 0 aliphatic heterocycles. The molecule has 1 fully saturated rings. The summed E-state index contributed by atoms with van der Waals surface area (Å²) in [6.45, 7) is 3.09. The van der Waals surface area contributed by atoms with E-state index >= 15 is 0 Å². The van der Waals surface area contributed by atoms with Gasteiger partial charge < -0.3 is 10.8 Å². The van der Waals surface area contributed by atoms with Gasteiger partial charge in [0, 0.05) is 12.1 Å². The van der Waals surface area contributed by atoms with Gasteiger partial charge in [0.05, 0.1) is 6.61 Å². The van der Waals surface area contributed by atoms with Crippen LogP contribution in [0.5, 0.6) is 0 Å². The van der Waals surface area contributed by atoms with Crippen LogP contribution in [0.2, 0.25) is 0 Å². The summed E-state index contributed by atoms with van der Waals surface area (Å²) in [5.41, 5.74) is 5.71. The Kier molecular flexibility index (Phi) is 4.16. The molecule has 0 spiro atoms. The van der Waals surface area contributed by atoms with E-state index in [4.69, 9.17) is 10.8 Å². The van der Waals surface area contributed by atoms with E-state index in [2.05, 4.69) is 18.9 Å². The van der Waals surface area contributed by atoms with E-state index in [1.807, 2.05) is 0 Å². The molecule has 0 aromatic carbocycles. The van der Waals surface area contributed by atoms with Gasteiger partial charge in [0.1, 0.15) is 0 Å². The number of nitrogens with zero attached hydrogens (tertiary/aromatic N) is 1. The number of nitrogens with two attached hydrogens (primary N) is 1. The molecule has 0 amide bonds. The smallest absolute Gasteiger partial charge is 0.0584 e. The molecular weight excluding hydrogens is 164 g/mol. The lowest BCUT2D eigenvalue weighted by Gasteiger charge is -2.33. The monoisotopic (exact) mass is 186 g/mol. The van der Waals surface area contributed by atoms with E-state index in [1.54, 1.807) is 0 Å². The first kappa shape index (κ1) is 11.0. The minimum atomic E-state index is 0.240. The molecule has 0 bridgehead atoms. The van der Waals surface area contributed by atoms with Gasteiger partial charge in [0.15, 0.2) is 0 Å². The predicted molar refractivity (Wildman–Crippen MR) is 54.5 cm³/mol. The van der Waals surface area contributed by atoms with Crippen LogP contribution in [0.3, 0.4) is 0 Å². The maximum atomic E-state index is 9.05. The Bertz CT molecular complexity index is 152. The summed E-state index contributed by atoms with van der Waals surface area (Å²) >= 11 is 0. The topological polar surface area (TPSA) is 49.5 Å². The van der Waals surface area contributed by atoms with Gasteiger partial charge in [0.2, 0.25) is 0 Å². The summed E-state index contributed by atoms with van der Waals surface area (Å²) in [5.74, 6) is 0.638. The lowest BCUT2D eigenvalue weighted by atomic mass is 10.0. The minimum Gasteiger partial charge on any atom is -0.395 e. The maximum absolute atomic E-state index is 9.05. The second-order valence-electron chi connectivity index (χ2n) is 4.19. The van der Waals surface area contributed by atoms with Gasteiger partial charge in [-0.05, 0) is 39.3 Å². The molecule has 1 rings (SSSR count). The number of rotatable bonds is 4. The van der Waals surface area contributed by atoms with Crippen LogP contribution in [0.1, 0.15) is 26.2 Å². The van der Waals surface area contributed by atoms with E-state index in [1.165, 1.54) is 19.3 Å². The van der Waals surface area contributed by atoms with Crippen LogP contribution in [0.4, 0.5) is 0 Å². The number of hydrogen-bond donors (Lipinski definition) is 2. The molecule has 0 radical (unpaired) electrons. The van der Waals surface area contributed by atoms with Crippen molar-refractivity contribution in [2.75, 3.05) is 20.2 Å². The van der Waals surface area contributed by atoms with Crippen molar-refractivity contribution in [1.29, 1.82) is 0 Å². The summed E-state index contributed by atoms with van der Waals surface area (Å²) in [6, 6.07) is 0.851. The van der Waals surface area contributed by atoms with Crippen molar-refractivity contribution in [3.63, 3.8) is 0 Å². The summed E-state index contributed by atoms with van der Waals surface area (Å²) in [6.07, 6.45) is 3.78. The van der Waals surface area contributed by atoms with Gasteiger partial charge in [-0.1, -0.05) is 6.42 Å². The Labute approximate surface area is 80.9 Å². The lowest BCUT2D eigenvalue weighted by Crippen LogP contribution is -2.44. The van der Waals surface area contributed by atoms with Crippen LogP contribution in [0, 0.1) is 5.92 Å². The van der Waals surface area contributed by atoms with E-state index < -0.39 is 0 Å². The highest BCUT2D eigenvalue weighted by molar-refractivity contribution is 4.86. The SMILES string of the molecule is CC(CO)N(C)C1CCCC1CN. The molecule has 3 N–H and O–H groups in total. The van der Waals surface area contributed by atoms with Crippen LogP contribution in [-0.2, 0) is 0 Å². The second kappa shape index (κ2) is 4.94. The molecule has 0 heterocycles. The van der Waals surface area contributed by atoms with Crippen LogP contribution < -0.4 is 5.73 Å². The Morgan fingerprint density at radius 1 is 1.54 bits per heavy atom. The van der Waals surface area contributed by atoms with Gasteiger partial charge in [-0.2, -0.15) is 0 Å². The molecule has 1 aliphatic carbocycles. The summed E-state index contributed by atoms with van der Waals surface area (Å²) < 4.78 is 0. The van der Waals surface area contributed by atoms with Crippen molar-refractivity contribution in [3.05, 3.63) is 0 Å². The molecule has 1 aliphatic rings. The highest BCUT2D eigenvalue weighted by Crippen LogP contribution is 2.29. The third kappa shape index (κ3) is 2.42. The molecular formula is C10H22N2O. The average molecular weight is 186 g/mol. The molecule has 0 saturated heterocycles. The zero-order valence-electron chi connectivity index (χ0n) is 8.74. The zero-order valence-corrected chi connectivity index (χ0v) is 8.74. The molecule has 0 aromatic heterocycles. The molecule has 0 aromatic rings. The van der Waals surface area contributed by atoms with Gasteiger partial charge in [-0.15, -0.1) is 0 Å². The summed E-state index contributed by atoms with van der Waals surface area (Å²) in [7, 11) is 2.10. The third-order valence-electron chi connectivity index (χ3n) is 3.40. The van der Waals surface area contributed by atoms with Crippen molar-refractivity contribution in [2.24, 2.45) is 11.7 Å². The summed E-state index contributed by atoms with van der Waals surface area (Å²) in [4.78, 5) is 2.28. The molecule has 3 atom stereocenters. The Balaban J connectivity index is 2.49. The van der Waals surface area contributed by atoms with E-state index in [9.17, 15) is 0 Å². The fraction of sp³-hybridized carbons (Fsp3) is 1.00. The predicted octanol–water partition coefficient (Wildman–Crippen LogP) is 0.426. The quantitative estimate of drug-likeness (QED) is 0.669. The number of hydrogen-bond acceptors (Lipinski definition) is 3. The van der Waals surface area contributed by atoms with E-state index in [-0.39, 0.29) is 12.6 Å². The van der Waals surface area contributed by atoms with Crippen molar-refractivity contribution in [1.82, 2.24) is 4.90 Å². The fourth-order valence-electron chi connectivity index (χ4n) is 2.28. The average Bonchev–Trinajstić information content (AvgIpc) is 2.62. The molecule has 1 saturated carbocycles. The second-order valence-corrected chi connectivity index (χ2v) is 4.19. The van der Waals surface area contributed by atoms with Crippen molar-refractivity contribution >= 4 is 0 Å². The Morgan fingerprint density at radius 2 is 2.23 bits per heavy atom. The molecule has 13 heavy (non-hydrogen) atoms. The van der Waals surface area contributed by atoms with Crippen LogP contribution in [0.15, 0.2) is 0 Å². The highest BCUT2D eigenvalue weighted by Gasteiger charge is 2.30. The first-order valence-corrected chi connectivity index (χ1v) is 5.23. The Hall–Kier alpha value is -0.120. The molecule has 3 nitrogen and oxygen atoms in total. The van der Waals surface area contributed by atoms with Gasteiger partial charge in [-0.3, -0.25) is 4.90 Å². The fourth-order valence-corrected chi connectivity index (χ4v) is 2.28. The van der Waals surface area contributed by atoms with Crippen LogP contribution >= 0.6 is 0 Å². The van der Waals surface area contributed by atoms with Gasteiger partial charge in [-0.25, -0.2) is 0 Å².